The summed E-state index contributed by atoms with van der Waals surface area (Å²) >= 11 is 0. The highest BCUT2D eigenvalue weighted by atomic mass is 16.6. The molecule has 1 aromatic carbocycles. The van der Waals surface area contributed by atoms with Crippen molar-refractivity contribution in [3.05, 3.63) is 63.8 Å². The van der Waals surface area contributed by atoms with Gasteiger partial charge in [-0.2, -0.15) is 0 Å². The number of hydrogen-bond donors (Lipinski definition) is 2. The molecule has 0 saturated carbocycles. The van der Waals surface area contributed by atoms with Crippen LogP contribution in [0.5, 0.6) is 0 Å². The summed E-state index contributed by atoms with van der Waals surface area (Å²) in [5.74, 6) is 0.114. The molecule has 1 aromatic heterocycles. The van der Waals surface area contributed by atoms with Gasteiger partial charge in [0, 0.05) is 31.4 Å². The lowest BCUT2D eigenvalue weighted by Gasteiger charge is -2.09. The van der Waals surface area contributed by atoms with Crippen LogP contribution in [0.25, 0.3) is 0 Å². The Kier molecular flexibility index (Phi) is 4.45. The van der Waals surface area contributed by atoms with Crippen LogP contribution in [0.4, 0.5) is 11.5 Å². The third kappa shape index (κ3) is 3.33. The van der Waals surface area contributed by atoms with Crippen molar-refractivity contribution in [3.63, 3.8) is 0 Å². The molecule has 2 rings (SSSR count). The lowest BCUT2D eigenvalue weighted by molar-refractivity contribution is -0.385. The molecule has 0 bridgehead atoms. The Morgan fingerprint density at radius 1 is 1.29 bits per heavy atom. The molecular weight excluding hydrogens is 272 g/mol. The van der Waals surface area contributed by atoms with Crippen LogP contribution in [0.2, 0.25) is 0 Å². The third-order valence-electron chi connectivity index (χ3n) is 2.92. The fourth-order valence-corrected chi connectivity index (χ4v) is 1.90. The summed E-state index contributed by atoms with van der Waals surface area (Å²) in [5, 5.41) is 16.4. The second-order valence-corrected chi connectivity index (χ2v) is 4.22. The number of anilines is 1. The lowest BCUT2D eigenvalue weighted by Crippen LogP contribution is -2.24. The minimum absolute atomic E-state index is 0.0159. The van der Waals surface area contributed by atoms with Crippen LogP contribution < -0.4 is 10.6 Å². The summed E-state index contributed by atoms with van der Waals surface area (Å²) in [5.41, 5.74) is 0.821. The number of aromatic nitrogens is 1. The second kappa shape index (κ2) is 6.47. The number of carbonyl (C=O) groups is 1. The molecule has 0 aliphatic rings. The molecule has 0 unspecified atom stereocenters. The highest BCUT2D eigenvalue weighted by molar-refractivity contribution is 5.98. The van der Waals surface area contributed by atoms with E-state index in [0.29, 0.717) is 16.9 Å². The largest absolute Gasteiger partial charge is 0.372 e. The topological polar surface area (TPSA) is 97.2 Å². The first-order chi connectivity index (χ1) is 10.1. The summed E-state index contributed by atoms with van der Waals surface area (Å²) < 4.78 is 0. The van der Waals surface area contributed by atoms with Crippen LogP contribution in [0.15, 0.2) is 42.6 Å². The minimum atomic E-state index is -0.468. The van der Waals surface area contributed by atoms with Gasteiger partial charge in [-0.05, 0) is 12.1 Å². The number of nitrogens with one attached hydrogen (secondary N) is 2. The number of amides is 1. The van der Waals surface area contributed by atoms with E-state index in [2.05, 4.69) is 15.6 Å². The normalized spacial score (nSPS) is 9.95. The molecule has 1 heterocycles. The Labute approximate surface area is 121 Å². The van der Waals surface area contributed by atoms with E-state index in [1.807, 2.05) is 0 Å². The summed E-state index contributed by atoms with van der Waals surface area (Å²) in [6, 6.07) is 9.58. The first kappa shape index (κ1) is 14.4. The number of nitro groups is 1. The zero-order valence-corrected chi connectivity index (χ0v) is 11.4. The van der Waals surface area contributed by atoms with Gasteiger partial charge in [-0.25, -0.2) is 4.98 Å². The molecule has 1 amide bonds. The van der Waals surface area contributed by atoms with E-state index in [4.69, 9.17) is 0 Å². The number of para-hydroxylation sites is 1. The Morgan fingerprint density at radius 3 is 2.76 bits per heavy atom. The number of rotatable bonds is 5. The number of pyridine rings is 1. The Morgan fingerprint density at radius 2 is 2.05 bits per heavy atom. The predicted molar refractivity (Wildman–Crippen MR) is 78.1 cm³/mol. The van der Waals surface area contributed by atoms with E-state index in [1.165, 1.54) is 6.07 Å². The van der Waals surface area contributed by atoms with Gasteiger partial charge in [0.05, 0.1) is 10.5 Å². The van der Waals surface area contributed by atoms with Crippen LogP contribution in [0, 0.1) is 10.1 Å². The van der Waals surface area contributed by atoms with Crippen molar-refractivity contribution in [2.75, 3.05) is 12.4 Å². The molecule has 0 fully saturated rings. The first-order valence-corrected chi connectivity index (χ1v) is 6.26. The number of carbonyl (C=O) groups excluding carboxylic acids is 1. The van der Waals surface area contributed by atoms with Gasteiger partial charge in [-0.15, -0.1) is 0 Å². The molecule has 0 saturated heterocycles. The zero-order chi connectivity index (χ0) is 15.2. The molecule has 7 heteroatoms. The summed E-state index contributed by atoms with van der Waals surface area (Å²) in [4.78, 5) is 26.6. The average Bonchev–Trinajstić information content (AvgIpc) is 2.52. The van der Waals surface area contributed by atoms with Gasteiger partial charge in [0.15, 0.2) is 0 Å². The minimum Gasteiger partial charge on any atom is -0.372 e. The van der Waals surface area contributed by atoms with Crippen molar-refractivity contribution < 1.29 is 9.72 Å². The van der Waals surface area contributed by atoms with Crippen LogP contribution in [0.3, 0.4) is 0 Å². The highest BCUT2D eigenvalue weighted by Gasteiger charge is 2.15. The van der Waals surface area contributed by atoms with Gasteiger partial charge in [-0.3, -0.25) is 14.9 Å². The van der Waals surface area contributed by atoms with Crippen molar-refractivity contribution in [2.45, 2.75) is 6.54 Å². The van der Waals surface area contributed by atoms with Gasteiger partial charge in [0.1, 0.15) is 5.82 Å². The summed E-state index contributed by atoms with van der Waals surface area (Å²) in [7, 11) is 1.67. The Hall–Kier alpha value is -2.96. The fraction of sp³-hybridized carbons (Fsp3) is 0.143. The van der Waals surface area contributed by atoms with E-state index in [1.54, 1.807) is 43.6 Å². The standard InChI is InChI=1S/C14H14N4O3/c1-15-13-11(6-4-8-16-13)14(19)17-9-10-5-2-3-7-12(10)18(20)21/h2-8H,9H2,1H3,(H,15,16)(H,17,19). The van der Waals surface area contributed by atoms with Gasteiger partial charge in [0.25, 0.3) is 11.6 Å². The van der Waals surface area contributed by atoms with Gasteiger partial charge in [-0.1, -0.05) is 18.2 Å². The molecule has 0 aliphatic carbocycles. The molecule has 7 nitrogen and oxygen atoms in total. The van der Waals surface area contributed by atoms with Crippen LogP contribution in [-0.4, -0.2) is 22.9 Å². The van der Waals surface area contributed by atoms with Crippen molar-refractivity contribution in [2.24, 2.45) is 0 Å². The molecule has 0 spiro atoms. The average molecular weight is 286 g/mol. The maximum absolute atomic E-state index is 12.1. The quantitative estimate of drug-likeness (QED) is 0.647. The number of nitrogens with zero attached hydrogens (tertiary/aromatic N) is 2. The smallest absolute Gasteiger partial charge is 0.274 e. The van der Waals surface area contributed by atoms with E-state index >= 15 is 0 Å². The predicted octanol–water partition coefficient (Wildman–Crippen LogP) is 1.96. The molecule has 2 aromatic rings. The molecule has 21 heavy (non-hydrogen) atoms. The van der Waals surface area contributed by atoms with Gasteiger partial charge >= 0.3 is 0 Å². The molecule has 2 N–H and O–H groups in total. The van der Waals surface area contributed by atoms with Crippen molar-refractivity contribution in [1.29, 1.82) is 0 Å². The molecule has 108 valence electrons. The van der Waals surface area contributed by atoms with Crippen LogP contribution in [-0.2, 0) is 6.54 Å². The zero-order valence-electron chi connectivity index (χ0n) is 11.4. The third-order valence-corrected chi connectivity index (χ3v) is 2.92. The van der Waals surface area contributed by atoms with Crippen molar-refractivity contribution >= 4 is 17.4 Å². The Bertz CT molecular complexity index is 673. The molecular formula is C14H14N4O3. The fourth-order valence-electron chi connectivity index (χ4n) is 1.90. The van der Waals surface area contributed by atoms with E-state index in [9.17, 15) is 14.9 Å². The monoisotopic (exact) mass is 286 g/mol. The number of nitro benzene ring substituents is 1. The molecule has 0 aliphatic heterocycles. The van der Waals surface area contributed by atoms with E-state index in [-0.39, 0.29) is 18.1 Å². The summed E-state index contributed by atoms with van der Waals surface area (Å²) in [6.45, 7) is 0.0774. The SMILES string of the molecule is CNc1ncccc1C(=O)NCc1ccccc1[N+](=O)[O-]. The van der Waals surface area contributed by atoms with Crippen molar-refractivity contribution in [3.8, 4) is 0 Å². The van der Waals surface area contributed by atoms with Crippen molar-refractivity contribution in [1.82, 2.24) is 10.3 Å². The van der Waals surface area contributed by atoms with Crippen LogP contribution in [0.1, 0.15) is 15.9 Å². The maximum Gasteiger partial charge on any atom is 0.274 e. The van der Waals surface area contributed by atoms with E-state index in [0.717, 1.165) is 0 Å². The van der Waals surface area contributed by atoms with Gasteiger partial charge < -0.3 is 10.6 Å². The molecule has 0 radical (unpaired) electrons. The maximum atomic E-state index is 12.1. The van der Waals surface area contributed by atoms with Crippen LogP contribution >= 0.6 is 0 Å². The first-order valence-electron chi connectivity index (χ1n) is 6.26. The number of hydrogen-bond acceptors (Lipinski definition) is 5. The number of benzene rings is 1. The molecule has 0 atom stereocenters. The Balaban J connectivity index is 2.13. The van der Waals surface area contributed by atoms with E-state index < -0.39 is 4.92 Å². The van der Waals surface area contributed by atoms with Gasteiger partial charge in [0.2, 0.25) is 0 Å². The lowest BCUT2D eigenvalue weighted by atomic mass is 10.1. The second-order valence-electron chi connectivity index (χ2n) is 4.22. The highest BCUT2D eigenvalue weighted by Crippen LogP contribution is 2.17. The summed E-state index contributed by atoms with van der Waals surface area (Å²) in [6.07, 6.45) is 1.57.